The van der Waals surface area contributed by atoms with Crippen molar-refractivity contribution in [2.45, 2.75) is 96.4 Å². The normalized spacial score (nSPS) is 16.8. The second kappa shape index (κ2) is 16.3. The quantitative estimate of drug-likeness (QED) is 0.170. The van der Waals surface area contributed by atoms with Gasteiger partial charge in [-0.1, -0.05) is 62.6 Å². The maximum atomic E-state index is 13.2. The molecule has 2 aromatic rings. The van der Waals surface area contributed by atoms with Gasteiger partial charge < -0.3 is 9.64 Å². The molecule has 202 valence electrons. The van der Waals surface area contributed by atoms with E-state index in [9.17, 15) is 4.79 Å². The summed E-state index contributed by atoms with van der Waals surface area (Å²) in [7, 11) is 3.92. The van der Waals surface area contributed by atoms with E-state index in [-0.39, 0.29) is 5.91 Å². The number of fused-ring (bicyclic) bond motifs is 1. The van der Waals surface area contributed by atoms with Crippen molar-refractivity contribution in [1.29, 1.82) is 0 Å². The lowest BCUT2D eigenvalue weighted by Gasteiger charge is -2.18. The van der Waals surface area contributed by atoms with Crippen LogP contribution in [-0.2, 0) is 6.42 Å². The molecule has 0 saturated carbocycles. The van der Waals surface area contributed by atoms with Crippen LogP contribution >= 0.6 is 0 Å². The molecule has 1 fully saturated rings. The Morgan fingerprint density at radius 2 is 1.73 bits per heavy atom. The monoisotopic (exact) mass is 504 g/mol. The molecule has 37 heavy (non-hydrogen) atoms. The number of unbranched alkanes of at least 4 members (excludes halogenated alkanes) is 5. The first kappa shape index (κ1) is 29.0. The van der Waals surface area contributed by atoms with Gasteiger partial charge in [0.25, 0.3) is 0 Å². The molecule has 4 heteroatoms. The summed E-state index contributed by atoms with van der Waals surface area (Å²) in [5.41, 5.74) is 2.28. The van der Waals surface area contributed by atoms with Gasteiger partial charge in [0.05, 0.1) is 12.6 Å². The van der Waals surface area contributed by atoms with E-state index in [1.165, 1.54) is 37.7 Å². The number of carbonyl (C=O) groups excluding carboxylic acids is 1. The fourth-order valence-electron chi connectivity index (χ4n) is 5.28. The lowest BCUT2D eigenvalue weighted by Crippen LogP contribution is -2.26. The molecule has 1 aromatic carbocycles. The number of hydrogen-bond donors (Lipinski definition) is 0. The fourth-order valence-corrected chi connectivity index (χ4v) is 5.28. The predicted molar refractivity (Wildman–Crippen MR) is 158 cm³/mol. The van der Waals surface area contributed by atoms with Crippen LogP contribution in [0.1, 0.15) is 94.3 Å². The number of benzene rings is 1. The van der Waals surface area contributed by atoms with E-state index in [0.29, 0.717) is 12.5 Å². The molecule has 0 aliphatic carbocycles. The minimum atomic E-state index is 0.211. The summed E-state index contributed by atoms with van der Waals surface area (Å²) in [6, 6.07) is 6.66. The van der Waals surface area contributed by atoms with E-state index in [2.05, 4.69) is 67.6 Å². The van der Waals surface area contributed by atoms with Gasteiger partial charge in [-0.25, -0.2) is 0 Å². The molecule has 0 bridgehead atoms. The molecular formula is C33H48N2O2. The highest BCUT2D eigenvalue weighted by atomic mass is 16.5. The maximum Gasteiger partial charge on any atom is 0.231 e. The first-order chi connectivity index (χ1) is 18.1. The van der Waals surface area contributed by atoms with Gasteiger partial charge >= 0.3 is 0 Å². The van der Waals surface area contributed by atoms with Gasteiger partial charge in [-0.05, 0) is 95.1 Å². The molecule has 1 saturated heterocycles. The molecule has 0 N–H and O–H groups in total. The van der Waals surface area contributed by atoms with Crippen LogP contribution in [0.25, 0.3) is 10.9 Å². The molecule has 0 amide bonds. The van der Waals surface area contributed by atoms with Crippen LogP contribution in [0.3, 0.4) is 0 Å². The lowest BCUT2D eigenvalue weighted by atomic mass is 10.0. The van der Waals surface area contributed by atoms with E-state index in [1.807, 2.05) is 16.7 Å². The Morgan fingerprint density at radius 1 is 1.00 bits per heavy atom. The van der Waals surface area contributed by atoms with Crippen molar-refractivity contribution < 1.29 is 9.53 Å². The van der Waals surface area contributed by atoms with E-state index < -0.39 is 0 Å². The number of allylic oxidation sites excluding steroid dienone is 6. The number of aromatic nitrogens is 1. The Morgan fingerprint density at radius 3 is 2.46 bits per heavy atom. The van der Waals surface area contributed by atoms with Crippen molar-refractivity contribution in [2.24, 2.45) is 0 Å². The first-order valence-corrected chi connectivity index (χ1v) is 14.5. The summed E-state index contributed by atoms with van der Waals surface area (Å²) in [6.45, 7) is 3.33. The van der Waals surface area contributed by atoms with Crippen molar-refractivity contribution in [2.75, 3.05) is 20.7 Å². The highest BCUT2D eigenvalue weighted by molar-refractivity contribution is 5.95. The standard InChI is InChI=1S/C33H48N2O2/c1-4-5-6-7-8-9-10-11-12-13-14-15-16-17-18-21-33(36)35-27-28(25-29-20-19-24-34(29)2)31-26-30(37-3)22-23-32(31)35/h5-6,8-9,11-12,22-23,26-27,29H,4,7,10,13-21,24-25H2,1-3H3/b6-5-,9-8-,12-11-/t29-/m1/s1. The van der Waals surface area contributed by atoms with Crippen LogP contribution in [0, 0.1) is 0 Å². The number of methoxy groups -OCH3 is 1. The van der Waals surface area contributed by atoms with Gasteiger partial charge in [-0.2, -0.15) is 0 Å². The Balaban J connectivity index is 1.39. The van der Waals surface area contributed by atoms with Crippen LogP contribution in [0.15, 0.2) is 60.9 Å². The number of carbonyl (C=O) groups is 1. The molecular weight excluding hydrogens is 456 g/mol. The number of likely N-dealkylation sites (N-methyl/N-ethyl adjacent to an activating group) is 1. The molecule has 0 unspecified atom stereocenters. The van der Waals surface area contributed by atoms with Gasteiger partial charge in [-0.15, -0.1) is 0 Å². The lowest BCUT2D eigenvalue weighted by molar-refractivity contribution is 0.0904. The predicted octanol–water partition coefficient (Wildman–Crippen LogP) is 8.52. The number of ether oxygens (including phenoxy) is 1. The van der Waals surface area contributed by atoms with Gasteiger partial charge in [0, 0.05) is 24.0 Å². The molecule has 0 radical (unpaired) electrons. The smallest absolute Gasteiger partial charge is 0.231 e. The van der Waals surface area contributed by atoms with Crippen LogP contribution < -0.4 is 4.74 Å². The molecule has 4 nitrogen and oxygen atoms in total. The summed E-state index contributed by atoms with van der Waals surface area (Å²) in [5, 5.41) is 1.16. The minimum Gasteiger partial charge on any atom is -0.497 e. The topological polar surface area (TPSA) is 34.5 Å². The summed E-state index contributed by atoms with van der Waals surface area (Å²) < 4.78 is 7.39. The Kier molecular flexibility index (Phi) is 12.8. The molecule has 1 atom stereocenters. The van der Waals surface area contributed by atoms with Crippen LogP contribution in [-0.4, -0.2) is 42.1 Å². The van der Waals surface area contributed by atoms with E-state index in [1.54, 1.807) is 7.11 Å². The van der Waals surface area contributed by atoms with E-state index in [4.69, 9.17) is 4.74 Å². The molecule has 2 heterocycles. The van der Waals surface area contributed by atoms with Gasteiger partial charge in [0.1, 0.15) is 5.75 Å². The second-order valence-corrected chi connectivity index (χ2v) is 10.4. The zero-order valence-electron chi connectivity index (χ0n) is 23.5. The highest BCUT2D eigenvalue weighted by Gasteiger charge is 2.23. The fraction of sp³-hybridized carbons (Fsp3) is 0.545. The SMILES string of the molecule is CC/C=C\C/C=C\C/C=C\CCCCCCCC(=O)n1cc(C[C@H]2CCCN2C)c2cc(OC)ccc21. The first-order valence-electron chi connectivity index (χ1n) is 14.5. The molecule has 1 aliphatic rings. The van der Waals surface area contributed by atoms with Crippen molar-refractivity contribution in [3.8, 4) is 5.75 Å². The molecule has 1 aliphatic heterocycles. The average molecular weight is 505 g/mol. The Bertz CT molecular complexity index is 1050. The summed E-state index contributed by atoms with van der Waals surface area (Å²) in [6.07, 6.45) is 29.8. The third-order valence-corrected chi connectivity index (χ3v) is 7.53. The molecule has 1 aromatic heterocycles. The van der Waals surface area contributed by atoms with Crippen molar-refractivity contribution in [3.05, 3.63) is 66.4 Å². The zero-order valence-corrected chi connectivity index (χ0v) is 23.5. The minimum absolute atomic E-state index is 0.211. The summed E-state index contributed by atoms with van der Waals surface area (Å²) in [5.74, 6) is 1.06. The Hall–Kier alpha value is -2.59. The van der Waals surface area contributed by atoms with Crippen molar-refractivity contribution >= 4 is 16.8 Å². The van der Waals surface area contributed by atoms with Crippen molar-refractivity contribution in [3.63, 3.8) is 0 Å². The van der Waals surface area contributed by atoms with Gasteiger partial charge in [-0.3, -0.25) is 9.36 Å². The van der Waals surface area contributed by atoms with Crippen LogP contribution in [0.4, 0.5) is 0 Å². The average Bonchev–Trinajstić information content (AvgIpc) is 3.49. The number of hydrogen-bond acceptors (Lipinski definition) is 3. The maximum absolute atomic E-state index is 13.2. The largest absolute Gasteiger partial charge is 0.497 e. The molecule has 0 spiro atoms. The number of likely N-dealkylation sites (tertiary alicyclic amines) is 1. The highest BCUT2D eigenvalue weighted by Crippen LogP contribution is 2.30. The van der Waals surface area contributed by atoms with Gasteiger partial charge in [0.2, 0.25) is 5.91 Å². The number of nitrogens with zero attached hydrogens (tertiary/aromatic N) is 2. The zero-order chi connectivity index (χ0) is 26.3. The van der Waals surface area contributed by atoms with E-state index in [0.717, 1.165) is 68.1 Å². The van der Waals surface area contributed by atoms with E-state index >= 15 is 0 Å². The summed E-state index contributed by atoms with van der Waals surface area (Å²) >= 11 is 0. The third-order valence-electron chi connectivity index (χ3n) is 7.53. The van der Waals surface area contributed by atoms with Crippen molar-refractivity contribution in [1.82, 2.24) is 9.47 Å². The van der Waals surface area contributed by atoms with Gasteiger partial charge in [0.15, 0.2) is 0 Å². The Labute approximate surface area is 225 Å². The van der Waals surface area contributed by atoms with Crippen LogP contribution in [0.5, 0.6) is 5.75 Å². The third kappa shape index (κ3) is 9.34. The number of rotatable bonds is 16. The molecule has 3 rings (SSSR count). The van der Waals surface area contributed by atoms with Crippen LogP contribution in [0.2, 0.25) is 0 Å². The summed E-state index contributed by atoms with van der Waals surface area (Å²) in [4.78, 5) is 15.6. The second-order valence-electron chi connectivity index (χ2n) is 10.4.